The van der Waals surface area contributed by atoms with Gasteiger partial charge >= 0.3 is 11.9 Å². The Labute approximate surface area is 171 Å². The number of pyridine rings is 1. The van der Waals surface area contributed by atoms with Crippen LogP contribution < -0.4 is 16.6 Å². The van der Waals surface area contributed by atoms with Crippen LogP contribution in [0, 0.1) is 0 Å². The van der Waals surface area contributed by atoms with Crippen LogP contribution in [-0.4, -0.2) is 29.6 Å². The molecule has 31 heavy (non-hydrogen) atoms. The first-order valence-electron chi connectivity index (χ1n) is 8.96. The summed E-state index contributed by atoms with van der Waals surface area (Å²) < 4.78 is 43.1. The second-order valence-corrected chi connectivity index (χ2v) is 6.86. The molecular formula is C19H15F3N6O3. The fraction of sp³-hybridized carbons (Fsp3) is 0.211. The maximum atomic E-state index is 13.4. The maximum Gasteiger partial charge on any atom is 0.449 e. The number of hydrogen-bond donors (Lipinski definition) is 1. The molecule has 0 spiro atoms. The van der Waals surface area contributed by atoms with Crippen molar-refractivity contribution in [3.8, 4) is 0 Å². The third kappa shape index (κ3) is 3.45. The number of imidazole rings is 1. The standard InChI is InChI=1S/C19H15F3N6O3/c1-26-15-11(16(30)27(2)18(26)31)7-10(8-23-15)24-14(29)9-28-13-6-4-3-5-12(13)25-17(28)19(20,21)22/h3-8H,9H2,1-2H3,(H,24,29). The number of carbonyl (C=O) groups is 1. The minimum atomic E-state index is -4.75. The lowest BCUT2D eigenvalue weighted by Gasteiger charge is -2.12. The molecule has 0 aliphatic rings. The SMILES string of the molecule is Cn1c(=O)c2cc(NC(=O)Cn3c(C(F)(F)F)nc4ccccc43)cnc2n(C)c1=O. The van der Waals surface area contributed by atoms with Crippen LogP contribution in [0.2, 0.25) is 0 Å². The van der Waals surface area contributed by atoms with Gasteiger partial charge in [0.1, 0.15) is 12.2 Å². The lowest BCUT2D eigenvalue weighted by atomic mass is 10.3. The van der Waals surface area contributed by atoms with Gasteiger partial charge in [-0.2, -0.15) is 13.2 Å². The van der Waals surface area contributed by atoms with Crippen LogP contribution in [0.1, 0.15) is 5.82 Å². The number of para-hydroxylation sites is 2. The number of amides is 1. The fourth-order valence-electron chi connectivity index (χ4n) is 3.33. The van der Waals surface area contributed by atoms with Crippen molar-refractivity contribution >= 4 is 33.7 Å². The zero-order valence-corrected chi connectivity index (χ0v) is 16.3. The molecule has 1 amide bonds. The normalized spacial score (nSPS) is 11.9. The van der Waals surface area contributed by atoms with E-state index >= 15 is 0 Å². The van der Waals surface area contributed by atoms with Crippen LogP contribution in [0.15, 0.2) is 46.1 Å². The van der Waals surface area contributed by atoms with Gasteiger partial charge in [-0.3, -0.25) is 18.7 Å². The molecule has 0 saturated heterocycles. The van der Waals surface area contributed by atoms with Crippen molar-refractivity contribution in [2.45, 2.75) is 12.7 Å². The number of anilines is 1. The molecule has 0 aliphatic carbocycles. The summed E-state index contributed by atoms with van der Waals surface area (Å²) in [7, 11) is 2.75. The Kier molecular flexibility index (Phi) is 4.64. The smallest absolute Gasteiger partial charge is 0.323 e. The number of halogens is 3. The average molecular weight is 432 g/mol. The molecule has 0 radical (unpaired) electrons. The molecule has 1 aromatic carbocycles. The molecule has 0 aliphatic heterocycles. The van der Waals surface area contributed by atoms with Gasteiger partial charge in [-0.05, 0) is 18.2 Å². The van der Waals surface area contributed by atoms with Gasteiger partial charge in [0, 0.05) is 14.1 Å². The highest BCUT2D eigenvalue weighted by molar-refractivity contribution is 5.93. The summed E-state index contributed by atoms with van der Waals surface area (Å²) in [6.45, 7) is -0.654. The van der Waals surface area contributed by atoms with Crippen molar-refractivity contribution in [3.05, 3.63) is 63.2 Å². The van der Waals surface area contributed by atoms with Crippen molar-refractivity contribution < 1.29 is 18.0 Å². The summed E-state index contributed by atoms with van der Waals surface area (Å²) >= 11 is 0. The number of rotatable bonds is 3. The first-order valence-corrected chi connectivity index (χ1v) is 8.96. The van der Waals surface area contributed by atoms with Crippen LogP contribution >= 0.6 is 0 Å². The van der Waals surface area contributed by atoms with Crippen LogP contribution in [0.4, 0.5) is 18.9 Å². The molecule has 0 saturated carbocycles. The molecule has 4 rings (SSSR count). The number of nitrogens with zero attached hydrogens (tertiary/aromatic N) is 5. The summed E-state index contributed by atoms with van der Waals surface area (Å²) in [5.74, 6) is -1.96. The molecule has 3 heterocycles. The third-order valence-electron chi connectivity index (χ3n) is 4.79. The van der Waals surface area contributed by atoms with Gasteiger partial charge in [-0.1, -0.05) is 12.1 Å². The zero-order valence-electron chi connectivity index (χ0n) is 16.3. The number of carbonyl (C=O) groups excluding carboxylic acids is 1. The van der Waals surface area contributed by atoms with E-state index in [1.165, 1.54) is 43.1 Å². The van der Waals surface area contributed by atoms with Crippen molar-refractivity contribution in [3.63, 3.8) is 0 Å². The number of nitrogens with one attached hydrogen (secondary N) is 1. The van der Waals surface area contributed by atoms with Crippen molar-refractivity contribution in [2.75, 3.05) is 5.32 Å². The molecule has 0 atom stereocenters. The molecule has 3 aromatic heterocycles. The molecule has 1 N–H and O–H groups in total. The van der Waals surface area contributed by atoms with Gasteiger partial charge in [0.25, 0.3) is 5.56 Å². The molecule has 9 nitrogen and oxygen atoms in total. The number of alkyl halides is 3. The van der Waals surface area contributed by atoms with E-state index in [-0.39, 0.29) is 27.8 Å². The number of benzene rings is 1. The highest BCUT2D eigenvalue weighted by Gasteiger charge is 2.38. The van der Waals surface area contributed by atoms with Crippen LogP contribution in [-0.2, 0) is 31.6 Å². The van der Waals surface area contributed by atoms with Crippen molar-refractivity contribution in [2.24, 2.45) is 14.1 Å². The van der Waals surface area contributed by atoms with Crippen LogP contribution in [0.5, 0.6) is 0 Å². The molecule has 0 bridgehead atoms. The van der Waals surface area contributed by atoms with Crippen molar-refractivity contribution in [1.82, 2.24) is 23.7 Å². The third-order valence-corrected chi connectivity index (χ3v) is 4.79. The topological polar surface area (TPSA) is 104 Å². The second-order valence-electron chi connectivity index (χ2n) is 6.86. The molecule has 4 aromatic rings. The van der Waals surface area contributed by atoms with Gasteiger partial charge in [-0.15, -0.1) is 0 Å². The summed E-state index contributed by atoms with van der Waals surface area (Å²) in [4.78, 5) is 44.5. The first kappa shape index (κ1) is 20.3. The highest BCUT2D eigenvalue weighted by atomic mass is 19.4. The van der Waals surface area contributed by atoms with E-state index in [1.807, 2.05) is 0 Å². The van der Waals surface area contributed by atoms with E-state index in [0.717, 1.165) is 9.13 Å². The number of hydrogen-bond acceptors (Lipinski definition) is 5. The van der Waals surface area contributed by atoms with Gasteiger partial charge in [0.2, 0.25) is 11.7 Å². The number of fused-ring (bicyclic) bond motifs is 2. The Morgan fingerprint density at radius 3 is 2.55 bits per heavy atom. The molecular weight excluding hydrogens is 417 g/mol. The Balaban J connectivity index is 1.70. The second kappa shape index (κ2) is 7.07. The first-order chi connectivity index (χ1) is 14.6. The predicted octanol–water partition coefficient (Wildman–Crippen LogP) is 1.64. The van der Waals surface area contributed by atoms with Gasteiger partial charge in [0.05, 0.1) is 28.3 Å². The molecule has 0 fully saturated rings. The van der Waals surface area contributed by atoms with E-state index in [1.54, 1.807) is 12.1 Å². The van der Waals surface area contributed by atoms with Crippen LogP contribution in [0.25, 0.3) is 22.1 Å². The highest BCUT2D eigenvalue weighted by Crippen LogP contribution is 2.31. The summed E-state index contributed by atoms with van der Waals surface area (Å²) in [5.41, 5.74) is -0.683. The molecule has 160 valence electrons. The van der Waals surface area contributed by atoms with E-state index in [2.05, 4.69) is 15.3 Å². The number of aryl methyl sites for hydroxylation is 1. The predicted molar refractivity (Wildman–Crippen MR) is 106 cm³/mol. The number of aromatic nitrogens is 5. The minimum Gasteiger partial charge on any atom is -0.323 e. The Bertz CT molecular complexity index is 1470. The van der Waals surface area contributed by atoms with Gasteiger partial charge in [-0.25, -0.2) is 14.8 Å². The summed E-state index contributed by atoms with van der Waals surface area (Å²) in [5, 5.41) is 2.52. The minimum absolute atomic E-state index is 0.0754. The fourth-order valence-corrected chi connectivity index (χ4v) is 3.33. The van der Waals surface area contributed by atoms with E-state index in [4.69, 9.17) is 0 Å². The largest absolute Gasteiger partial charge is 0.449 e. The maximum absolute atomic E-state index is 13.4. The lowest BCUT2D eigenvalue weighted by molar-refractivity contribution is -0.147. The van der Waals surface area contributed by atoms with Crippen LogP contribution in [0.3, 0.4) is 0 Å². The monoisotopic (exact) mass is 432 g/mol. The Morgan fingerprint density at radius 2 is 1.84 bits per heavy atom. The Morgan fingerprint density at radius 1 is 1.13 bits per heavy atom. The van der Waals surface area contributed by atoms with Gasteiger partial charge < -0.3 is 9.88 Å². The summed E-state index contributed by atoms with van der Waals surface area (Å²) in [6.07, 6.45) is -3.53. The van der Waals surface area contributed by atoms with Gasteiger partial charge in [0.15, 0.2) is 0 Å². The molecule has 12 heteroatoms. The summed E-state index contributed by atoms with van der Waals surface area (Å²) in [6, 6.07) is 7.28. The quantitative estimate of drug-likeness (QED) is 0.530. The lowest BCUT2D eigenvalue weighted by Crippen LogP contribution is -2.37. The molecule has 0 unspecified atom stereocenters. The zero-order chi connectivity index (χ0) is 22.5. The average Bonchev–Trinajstić information content (AvgIpc) is 3.09. The van der Waals surface area contributed by atoms with E-state index < -0.39 is 35.7 Å². The Hall–Kier alpha value is -3.96. The van der Waals surface area contributed by atoms with E-state index in [9.17, 15) is 27.6 Å². The van der Waals surface area contributed by atoms with E-state index in [0.29, 0.717) is 0 Å². The van der Waals surface area contributed by atoms with Crippen molar-refractivity contribution in [1.29, 1.82) is 0 Å².